The van der Waals surface area contributed by atoms with E-state index >= 15 is 0 Å². The van der Waals surface area contributed by atoms with Crippen LogP contribution in [0.1, 0.15) is 28.9 Å². The lowest BCUT2D eigenvalue weighted by Gasteiger charge is -2.03. The number of rotatable bonds is 7. The first-order valence-corrected chi connectivity index (χ1v) is 7.47. The average Bonchev–Trinajstić information content (AvgIpc) is 2.80. The van der Waals surface area contributed by atoms with Crippen LogP contribution in [0.3, 0.4) is 0 Å². The Morgan fingerprint density at radius 1 is 1.38 bits per heavy atom. The number of aromatic nitrogens is 1. The molecule has 0 atom stereocenters. The minimum absolute atomic E-state index is 0.0104. The fourth-order valence-corrected chi connectivity index (χ4v) is 2.90. The number of aliphatic carboxylic acids is 1. The van der Waals surface area contributed by atoms with Gasteiger partial charge in [0.05, 0.1) is 12.1 Å². The van der Waals surface area contributed by atoms with Gasteiger partial charge in [0.25, 0.3) is 0 Å². The molecule has 6 heteroatoms. The highest BCUT2D eigenvalue weighted by Crippen LogP contribution is 2.22. The fourth-order valence-electron chi connectivity index (χ4n) is 1.88. The number of benzene rings is 1. The van der Waals surface area contributed by atoms with Gasteiger partial charge in [0.2, 0.25) is 0 Å². The van der Waals surface area contributed by atoms with E-state index in [-0.39, 0.29) is 18.8 Å². The van der Waals surface area contributed by atoms with Crippen molar-refractivity contribution < 1.29 is 19.0 Å². The van der Waals surface area contributed by atoms with E-state index in [2.05, 4.69) is 4.98 Å². The molecule has 0 radical (unpaired) electrons. The third-order valence-electron chi connectivity index (χ3n) is 2.80. The largest absolute Gasteiger partial charge is 0.486 e. The molecule has 2 rings (SSSR count). The van der Waals surface area contributed by atoms with Crippen LogP contribution < -0.4 is 4.74 Å². The van der Waals surface area contributed by atoms with Crippen molar-refractivity contribution >= 4 is 17.3 Å². The number of hydrogen-bond acceptors (Lipinski definition) is 4. The normalized spacial score (nSPS) is 10.6. The highest BCUT2D eigenvalue weighted by molar-refractivity contribution is 7.11. The second-order valence-electron chi connectivity index (χ2n) is 4.54. The molecule has 0 aliphatic heterocycles. The van der Waals surface area contributed by atoms with Crippen LogP contribution in [0.25, 0.3) is 0 Å². The van der Waals surface area contributed by atoms with Crippen molar-refractivity contribution in [1.29, 1.82) is 0 Å². The summed E-state index contributed by atoms with van der Waals surface area (Å²) in [4.78, 5) is 16.1. The lowest BCUT2D eigenvalue weighted by Crippen LogP contribution is -2.01. The Hall–Kier alpha value is -1.95. The Labute approximate surface area is 126 Å². The van der Waals surface area contributed by atoms with Crippen molar-refractivity contribution in [1.82, 2.24) is 4.98 Å². The predicted octanol–water partition coefficient (Wildman–Crippen LogP) is 3.44. The van der Waals surface area contributed by atoms with E-state index in [1.807, 2.05) is 6.92 Å². The van der Waals surface area contributed by atoms with Gasteiger partial charge in [0.15, 0.2) is 0 Å². The van der Waals surface area contributed by atoms with E-state index in [1.165, 1.54) is 23.5 Å². The maximum atomic E-state index is 12.8. The molecule has 0 aliphatic carbocycles. The summed E-state index contributed by atoms with van der Waals surface area (Å²) in [6.07, 6.45) is 1.66. The fraction of sp³-hybridized carbons (Fsp3) is 0.333. The molecule has 0 fully saturated rings. The third-order valence-corrected chi connectivity index (χ3v) is 3.87. The van der Waals surface area contributed by atoms with Gasteiger partial charge in [-0.05, 0) is 30.7 Å². The summed E-state index contributed by atoms with van der Waals surface area (Å²) in [6, 6.07) is 5.76. The second kappa shape index (κ2) is 7.17. The summed E-state index contributed by atoms with van der Waals surface area (Å²) in [6.45, 7) is 2.28. The number of hydrogen-bond donors (Lipinski definition) is 1. The maximum Gasteiger partial charge on any atom is 0.308 e. The average molecular weight is 309 g/mol. The van der Waals surface area contributed by atoms with Gasteiger partial charge in [-0.2, -0.15) is 0 Å². The molecule has 4 nitrogen and oxygen atoms in total. The summed E-state index contributed by atoms with van der Waals surface area (Å²) in [5.41, 5.74) is 0.836. The molecule has 0 saturated heterocycles. The van der Waals surface area contributed by atoms with Gasteiger partial charge in [0, 0.05) is 4.88 Å². The van der Waals surface area contributed by atoms with E-state index in [1.54, 1.807) is 12.1 Å². The molecule has 2 aromatic rings. The first kappa shape index (κ1) is 15.4. The molecule has 0 amide bonds. The van der Waals surface area contributed by atoms with Crippen LogP contribution in [0.2, 0.25) is 0 Å². The van der Waals surface area contributed by atoms with Crippen molar-refractivity contribution in [2.75, 3.05) is 0 Å². The van der Waals surface area contributed by atoms with Crippen molar-refractivity contribution in [3.8, 4) is 5.75 Å². The molecule has 1 N–H and O–H groups in total. The smallest absolute Gasteiger partial charge is 0.308 e. The summed E-state index contributed by atoms with van der Waals surface area (Å²) in [7, 11) is 0. The van der Waals surface area contributed by atoms with Crippen molar-refractivity contribution in [2.24, 2.45) is 0 Å². The Kier molecular flexibility index (Phi) is 5.27. The van der Waals surface area contributed by atoms with Gasteiger partial charge in [-0.1, -0.05) is 13.3 Å². The van der Waals surface area contributed by atoms with Gasteiger partial charge in [0.1, 0.15) is 23.2 Å². The van der Waals surface area contributed by atoms with Gasteiger partial charge < -0.3 is 9.84 Å². The van der Waals surface area contributed by atoms with Crippen LogP contribution in [0, 0.1) is 5.82 Å². The number of aryl methyl sites for hydroxylation is 1. The molecule has 1 aromatic heterocycles. The van der Waals surface area contributed by atoms with E-state index in [0.29, 0.717) is 5.75 Å². The minimum Gasteiger partial charge on any atom is -0.486 e. The number of thiazole rings is 1. The molecule has 0 spiro atoms. The molecular formula is C15H16FNO3S. The lowest BCUT2D eigenvalue weighted by atomic mass is 10.2. The van der Waals surface area contributed by atoms with Crippen LogP contribution >= 0.6 is 11.3 Å². The molecule has 1 heterocycles. The Morgan fingerprint density at radius 2 is 2.10 bits per heavy atom. The van der Waals surface area contributed by atoms with Crippen molar-refractivity contribution in [3.63, 3.8) is 0 Å². The topological polar surface area (TPSA) is 59.4 Å². The molecular weight excluding hydrogens is 293 g/mol. The molecule has 0 unspecified atom stereocenters. The van der Waals surface area contributed by atoms with Crippen LogP contribution in [0.4, 0.5) is 4.39 Å². The lowest BCUT2D eigenvalue weighted by molar-refractivity contribution is -0.136. The highest BCUT2D eigenvalue weighted by atomic mass is 32.1. The molecule has 1 aromatic carbocycles. The molecule has 112 valence electrons. The van der Waals surface area contributed by atoms with Crippen LogP contribution in [-0.4, -0.2) is 16.1 Å². The van der Waals surface area contributed by atoms with E-state index in [4.69, 9.17) is 9.84 Å². The SMILES string of the molecule is CCCc1nc(COc2ccc(F)cc2)sc1CC(=O)O. The van der Waals surface area contributed by atoms with E-state index in [9.17, 15) is 9.18 Å². The van der Waals surface area contributed by atoms with Gasteiger partial charge in [-0.3, -0.25) is 4.79 Å². The second-order valence-corrected chi connectivity index (χ2v) is 5.71. The van der Waals surface area contributed by atoms with E-state index in [0.717, 1.165) is 28.4 Å². The molecule has 0 bridgehead atoms. The van der Waals surface area contributed by atoms with Gasteiger partial charge >= 0.3 is 5.97 Å². The maximum absolute atomic E-state index is 12.8. The third kappa shape index (κ3) is 4.53. The van der Waals surface area contributed by atoms with Crippen LogP contribution in [0.15, 0.2) is 24.3 Å². The standard InChI is InChI=1S/C15H16FNO3S/c1-2-3-12-13(8-15(18)19)21-14(17-12)9-20-11-6-4-10(16)5-7-11/h4-7H,2-3,8-9H2,1H3,(H,18,19). The van der Waals surface area contributed by atoms with E-state index < -0.39 is 5.97 Å². The highest BCUT2D eigenvalue weighted by Gasteiger charge is 2.13. The quantitative estimate of drug-likeness (QED) is 0.851. The number of ether oxygens (including phenoxy) is 1. The van der Waals surface area contributed by atoms with Crippen molar-refractivity contribution in [3.05, 3.63) is 45.7 Å². The molecule has 0 saturated carbocycles. The minimum atomic E-state index is -0.859. The first-order valence-electron chi connectivity index (χ1n) is 6.66. The molecule has 0 aliphatic rings. The van der Waals surface area contributed by atoms with Gasteiger partial charge in [-0.15, -0.1) is 11.3 Å². The Balaban J connectivity index is 2.05. The zero-order chi connectivity index (χ0) is 15.2. The monoisotopic (exact) mass is 309 g/mol. The van der Waals surface area contributed by atoms with Crippen molar-refractivity contribution in [2.45, 2.75) is 32.8 Å². The number of carbonyl (C=O) groups is 1. The number of carboxylic acid groups (broad SMARTS) is 1. The summed E-state index contributed by atoms with van der Waals surface area (Å²) >= 11 is 1.36. The number of nitrogens with zero attached hydrogens (tertiary/aromatic N) is 1. The van der Waals surface area contributed by atoms with Crippen LogP contribution in [-0.2, 0) is 24.2 Å². The summed E-state index contributed by atoms with van der Waals surface area (Å²) < 4.78 is 18.3. The Bertz CT molecular complexity index is 610. The number of halogens is 1. The zero-order valence-electron chi connectivity index (χ0n) is 11.6. The predicted molar refractivity (Wildman–Crippen MR) is 78.2 cm³/mol. The zero-order valence-corrected chi connectivity index (χ0v) is 12.5. The Morgan fingerprint density at radius 3 is 2.71 bits per heavy atom. The number of carboxylic acids is 1. The van der Waals surface area contributed by atoms with Gasteiger partial charge in [-0.25, -0.2) is 9.37 Å². The summed E-state index contributed by atoms with van der Waals surface area (Å²) in [5, 5.41) is 9.65. The summed E-state index contributed by atoms with van der Waals surface area (Å²) in [5.74, 6) is -0.615. The van der Waals surface area contributed by atoms with Crippen LogP contribution in [0.5, 0.6) is 5.75 Å². The first-order chi connectivity index (χ1) is 10.1. The molecule has 21 heavy (non-hydrogen) atoms.